The minimum Gasteiger partial charge on any atom is -0.388 e. The third-order valence-electron chi connectivity index (χ3n) is 6.03. The van der Waals surface area contributed by atoms with E-state index in [9.17, 15) is 4.79 Å². The molecule has 10 nitrogen and oxygen atoms in total. The maximum Gasteiger partial charge on any atom is 0.354 e. The van der Waals surface area contributed by atoms with Crippen LogP contribution >= 0.6 is 0 Å². The van der Waals surface area contributed by atoms with E-state index in [0.717, 1.165) is 61.2 Å². The van der Waals surface area contributed by atoms with Crippen LogP contribution in [-0.2, 0) is 12.0 Å². The number of benzene rings is 1. The van der Waals surface area contributed by atoms with Crippen molar-refractivity contribution in [2.75, 3.05) is 19.6 Å². The van der Waals surface area contributed by atoms with Gasteiger partial charge in [0, 0.05) is 48.7 Å². The van der Waals surface area contributed by atoms with Gasteiger partial charge in [0.05, 0.1) is 11.5 Å². The van der Waals surface area contributed by atoms with Crippen LogP contribution in [0, 0.1) is 5.41 Å². The first-order chi connectivity index (χ1) is 17.0. The van der Waals surface area contributed by atoms with Gasteiger partial charge in [0.15, 0.2) is 5.96 Å². The molecule has 0 radical (unpaired) electrons. The first-order valence-electron chi connectivity index (χ1n) is 12.4. The number of nitrogens with two attached hydrogens (primary N) is 3. The lowest BCUT2D eigenvalue weighted by atomic mass is 9.92. The summed E-state index contributed by atoms with van der Waals surface area (Å²) in [6.07, 6.45) is 5.14. The Kier molecular flexibility index (Phi) is 8.87. The molecule has 0 saturated carbocycles. The summed E-state index contributed by atoms with van der Waals surface area (Å²) in [7, 11) is 0. The molecule has 1 aromatic carbocycles. The van der Waals surface area contributed by atoms with Gasteiger partial charge in [-0.05, 0) is 49.6 Å². The number of nitrogens with one attached hydrogen (secondary N) is 2. The molecule has 0 spiro atoms. The van der Waals surface area contributed by atoms with Crippen molar-refractivity contribution in [2.45, 2.75) is 58.4 Å². The van der Waals surface area contributed by atoms with Crippen LogP contribution in [0.25, 0.3) is 16.7 Å². The van der Waals surface area contributed by atoms with Gasteiger partial charge in [0.25, 0.3) is 0 Å². The smallest absolute Gasteiger partial charge is 0.354 e. The molecule has 10 heteroatoms. The van der Waals surface area contributed by atoms with Crippen molar-refractivity contribution in [3.63, 3.8) is 0 Å². The highest BCUT2D eigenvalue weighted by molar-refractivity contribution is 5.77. The highest BCUT2D eigenvalue weighted by Gasteiger charge is 2.17. The van der Waals surface area contributed by atoms with Gasteiger partial charge >= 0.3 is 5.69 Å². The number of rotatable bonds is 12. The van der Waals surface area contributed by atoms with Crippen LogP contribution in [0.1, 0.15) is 57.7 Å². The first-order valence-corrected chi connectivity index (χ1v) is 12.4. The average molecular weight is 494 g/mol. The Hall–Kier alpha value is -3.66. The van der Waals surface area contributed by atoms with Crippen LogP contribution in [0.2, 0.25) is 0 Å². The van der Waals surface area contributed by atoms with Gasteiger partial charge in [-0.3, -0.25) is 19.9 Å². The molecule has 0 fully saturated rings. The second-order valence-corrected chi connectivity index (χ2v) is 10.2. The van der Waals surface area contributed by atoms with Crippen molar-refractivity contribution < 1.29 is 0 Å². The summed E-state index contributed by atoms with van der Waals surface area (Å²) in [5.74, 6) is 0.331. The SMILES string of the molecule is CC(C)(C)c1cc2cn(-c3ccc(CN(CCCCC(=N)N)CCCN=C(N)N)cc3)c(=O)nc2[nH]1. The number of unbranched alkanes of at least 4 members (excludes halogenated alkanes) is 1. The zero-order valence-corrected chi connectivity index (χ0v) is 21.6. The zero-order valence-electron chi connectivity index (χ0n) is 21.6. The van der Waals surface area contributed by atoms with Gasteiger partial charge in [0.2, 0.25) is 0 Å². The van der Waals surface area contributed by atoms with Gasteiger partial charge in [-0.2, -0.15) is 4.98 Å². The van der Waals surface area contributed by atoms with Crippen LogP contribution < -0.4 is 22.9 Å². The molecular weight excluding hydrogens is 454 g/mol. The fourth-order valence-electron chi connectivity index (χ4n) is 4.03. The monoisotopic (exact) mass is 493 g/mol. The molecule has 0 bridgehead atoms. The second-order valence-electron chi connectivity index (χ2n) is 10.2. The van der Waals surface area contributed by atoms with Crippen LogP contribution in [-0.4, -0.2) is 50.9 Å². The van der Waals surface area contributed by atoms with Gasteiger partial charge in [0.1, 0.15) is 5.65 Å². The number of amidine groups is 1. The van der Waals surface area contributed by atoms with E-state index in [4.69, 9.17) is 22.6 Å². The first kappa shape index (κ1) is 26.9. The van der Waals surface area contributed by atoms with Crippen LogP contribution in [0.3, 0.4) is 0 Å². The standard InChI is InChI=1S/C26H39N9O/c1-26(2,3)21-15-19-17-35(25(36)33-23(19)32-21)20-10-8-18(9-11-20)16-34(13-5-4-7-22(27)28)14-6-12-31-24(29)30/h8-11,15,17H,4-7,12-14,16H2,1-3H3,(H3,27,28)(H4,29,30,31)(H,32,33,36). The summed E-state index contributed by atoms with van der Waals surface area (Å²) in [4.78, 5) is 26.7. The lowest BCUT2D eigenvalue weighted by molar-refractivity contribution is 0.259. The van der Waals surface area contributed by atoms with Crippen molar-refractivity contribution in [3.8, 4) is 5.69 Å². The third kappa shape index (κ3) is 7.67. The molecule has 0 amide bonds. The van der Waals surface area contributed by atoms with E-state index in [0.29, 0.717) is 18.6 Å². The number of nitrogens with zero attached hydrogens (tertiary/aromatic N) is 4. The molecule has 0 aliphatic heterocycles. The van der Waals surface area contributed by atoms with E-state index in [1.165, 1.54) is 0 Å². The second kappa shape index (κ2) is 11.9. The number of aliphatic imine (C=N–C) groups is 1. The minimum atomic E-state index is -0.315. The number of hydrogen-bond acceptors (Lipinski definition) is 5. The number of fused-ring (bicyclic) bond motifs is 1. The van der Waals surface area contributed by atoms with Crippen LogP contribution in [0.5, 0.6) is 0 Å². The Morgan fingerprint density at radius 3 is 2.44 bits per heavy atom. The lowest BCUT2D eigenvalue weighted by Gasteiger charge is -2.22. The maximum absolute atomic E-state index is 12.7. The Labute approximate surface area is 212 Å². The molecule has 0 atom stereocenters. The van der Waals surface area contributed by atoms with E-state index in [-0.39, 0.29) is 22.9 Å². The van der Waals surface area contributed by atoms with Crippen molar-refractivity contribution in [1.82, 2.24) is 19.4 Å². The maximum atomic E-state index is 12.7. The third-order valence-corrected chi connectivity index (χ3v) is 6.03. The summed E-state index contributed by atoms with van der Waals surface area (Å²) >= 11 is 0. The van der Waals surface area contributed by atoms with Crippen molar-refractivity contribution >= 4 is 22.8 Å². The molecule has 0 aliphatic rings. The number of aromatic amines is 1. The Morgan fingerprint density at radius 2 is 1.81 bits per heavy atom. The molecule has 0 unspecified atom stereocenters. The molecule has 2 heterocycles. The molecule has 0 saturated heterocycles. The Balaban J connectivity index is 1.72. The molecule has 194 valence electrons. The number of guanidine groups is 1. The summed E-state index contributed by atoms with van der Waals surface area (Å²) in [6, 6.07) is 10.0. The van der Waals surface area contributed by atoms with E-state index in [2.05, 4.69) is 46.7 Å². The Bertz CT molecular complexity index is 1250. The largest absolute Gasteiger partial charge is 0.388 e. The number of H-pyrrole nitrogens is 1. The van der Waals surface area contributed by atoms with Gasteiger partial charge < -0.3 is 22.2 Å². The van der Waals surface area contributed by atoms with Gasteiger partial charge in [-0.15, -0.1) is 0 Å². The highest BCUT2D eigenvalue weighted by Crippen LogP contribution is 2.24. The van der Waals surface area contributed by atoms with Gasteiger partial charge in [-0.25, -0.2) is 4.79 Å². The quantitative estimate of drug-likeness (QED) is 0.148. The van der Waals surface area contributed by atoms with Gasteiger partial charge in [-0.1, -0.05) is 32.9 Å². The predicted octanol–water partition coefficient (Wildman–Crippen LogP) is 2.58. The summed E-state index contributed by atoms with van der Waals surface area (Å²) in [6.45, 7) is 9.45. The molecule has 3 aromatic rings. The van der Waals surface area contributed by atoms with Crippen LogP contribution in [0.15, 0.2) is 46.3 Å². The summed E-state index contributed by atoms with van der Waals surface area (Å²) < 4.78 is 1.58. The lowest BCUT2D eigenvalue weighted by Crippen LogP contribution is -2.27. The van der Waals surface area contributed by atoms with E-state index in [1.807, 2.05) is 30.5 Å². The molecule has 8 N–H and O–H groups in total. The average Bonchev–Trinajstić information content (AvgIpc) is 3.22. The van der Waals surface area contributed by atoms with Crippen molar-refractivity contribution in [2.24, 2.45) is 22.2 Å². The summed E-state index contributed by atoms with van der Waals surface area (Å²) in [5, 5.41) is 8.31. The molecule has 36 heavy (non-hydrogen) atoms. The fraction of sp³-hybridized carbons (Fsp3) is 0.462. The normalized spacial score (nSPS) is 11.8. The van der Waals surface area contributed by atoms with E-state index < -0.39 is 0 Å². The zero-order chi connectivity index (χ0) is 26.3. The molecule has 3 rings (SSSR count). The highest BCUT2D eigenvalue weighted by atomic mass is 16.1. The van der Waals surface area contributed by atoms with Crippen molar-refractivity contribution in [3.05, 3.63) is 58.3 Å². The minimum absolute atomic E-state index is 0.0581. The Morgan fingerprint density at radius 1 is 1.11 bits per heavy atom. The van der Waals surface area contributed by atoms with E-state index >= 15 is 0 Å². The number of hydrogen-bond donors (Lipinski definition) is 5. The molecule has 2 aromatic heterocycles. The van der Waals surface area contributed by atoms with E-state index in [1.54, 1.807) is 4.57 Å². The molecule has 0 aliphatic carbocycles. The molecular formula is C26H39N9O. The summed E-state index contributed by atoms with van der Waals surface area (Å²) in [5.41, 5.74) is 19.6. The fourth-order valence-corrected chi connectivity index (χ4v) is 4.03. The number of aromatic nitrogens is 3. The predicted molar refractivity (Wildman–Crippen MR) is 147 cm³/mol. The topological polar surface area (TPSA) is 168 Å². The van der Waals surface area contributed by atoms with Crippen molar-refractivity contribution in [1.29, 1.82) is 5.41 Å². The van der Waals surface area contributed by atoms with Crippen LogP contribution in [0.4, 0.5) is 0 Å².